The third kappa shape index (κ3) is 4.15. The number of fused-ring (bicyclic) bond motifs is 1. The van der Waals surface area contributed by atoms with Gasteiger partial charge < -0.3 is 9.64 Å². The number of benzene rings is 2. The van der Waals surface area contributed by atoms with Gasteiger partial charge in [-0.15, -0.1) is 11.3 Å². The lowest BCUT2D eigenvalue weighted by atomic mass is 10.1. The largest absolute Gasteiger partial charge is 0.484 e. The second-order valence-corrected chi connectivity index (χ2v) is 8.08. The van der Waals surface area contributed by atoms with E-state index >= 15 is 0 Å². The minimum Gasteiger partial charge on any atom is -0.484 e. The number of aromatic nitrogens is 1. The molecule has 0 spiro atoms. The SMILES string of the molecule is Cc1ccc(-c2nc3c(s2)CN(C(=O)COc2ccc(Cl)cc2)CC3)cc1. The van der Waals surface area contributed by atoms with E-state index < -0.39 is 0 Å². The van der Waals surface area contributed by atoms with E-state index in [1.165, 1.54) is 5.56 Å². The second-order valence-electron chi connectivity index (χ2n) is 6.56. The summed E-state index contributed by atoms with van der Waals surface area (Å²) in [5, 5.41) is 1.67. The van der Waals surface area contributed by atoms with Gasteiger partial charge in [0.2, 0.25) is 0 Å². The van der Waals surface area contributed by atoms with Gasteiger partial charge in [-0.3, -0.25) is 4.79 Å². The molecule has 0 saturated heterocycles. The summed E-state index contributed by atoms with van der Waals surface area (Å²) in [6, 6.07) is 15.4. The van der Waals surface area contributed by atoms with Crippen molar-refractivity contribution in [3.05, 3.63) is 69.7 Å². The minimum absolute atomic E-state index is 0.0131. The fourth-order valence-corrected chi connectivity index (χ4v) is 4.25. The Morgan fingerprint density at radius 2 is 1.93 bits per heavy atom. The normalized spacial score (nSPS) is 13.3. The van der Waals surface area contributed by atoms with Crippen LogP contribution in [0.2, 0.25) is 5.02 Å². The number of carbonyl (C=O) groups excluding carboxylic acids is 1. The monoisotopic (exact) mass is 398 g/mol. The maximum Gasteiger partial charge on any atom is 0.260 e. The van der Waals surface area contributed by atoms with E-state index in [4.69, 9.17) is 21.3 Å². The maximum atomic E-state index is 12.5. The van der Waals surface area contributed by atoms with Crippen molar-refractivity contribution in [1.29, 1.82) is 0 Å². The van der Waals surface area contributed by atoms with Gasteiger partial charge in [0.05, 0.1) is 12.2 Å². The van der Waals surface area contributed by atoms with Crippen LogP contribution in [-0.4, -0.2) is 28.9 Å². The van der Waals surface area contributed by atoms with E-state index in [1.807, 2.05) is 4.90 Å². The average Bonchev–Trinajstić information content (AvgIpc) is 3.11. The van der Waals surface area contributed by atoms with Gasteiger partial charge in [-0.25, -0.2) is 4.98 Å². The number of halogens is 1. The summed E-state index contributed by atoms with van der Waals surface area (Å²) in [6.07, 6.45) is 0.782. The van der Waals surface area contributed by atoms with E-state index in [9.17, 15) is 4.79 Å². The molecule has 138 valence electrons. The van der Waals surface area contributed by atoms with E-state index in [0.29, 0.717) is 23.9 Å². The Bertz CT molecular complexity index is 951. The first-order chi connectivity index (χ1) is 13.1. The summed E-state index contributed by atoms with van der Waals surface area (Å²) in [6.45, 7) is 3.38. The van der Waals surface area contributed by atoms with Crippen LogP contribution in [0.5, 0.6) is 5.75 Å². The fourth-order valence-electron chi connectivity index (χ4n) is 3.00. The quantitative estimate of drug-likeness (QED) is 0.637. The molecule has 3 aromatic rings. The highest BCUT2D eigenvalue weighted by Crippen LogP contribution is 2.31. The summed E-state index contributed by atoms with van der Waals surface area (Å²) >= 11 is 7.53. The van der Waals surface area contributed by atoms with Crippen molar-refractivity contribution in [1.82, 2.24) is 9.88 Å². The molecule has 2 aromatic carbocycles. The highest BCUT2D eigenvalue weighted by molar-refractivity contribution is 7.15. The highest BCUT2D eigenvalue weighted by Gasteiger charge is 2.24. The van der Waals surface area contributed by atoms with Gasteiger partial charge in [-0.05, 0) is 31.2 Å². The number of thiazole rings is 1. The summed E-state index contributed by atoms with van der Waals surface area (Å²) in [5.74, 6) is 0.630. The topological polar surface area (TPSA) is 42.4 Å². The number of nitrogens with zero attached hydrogens (tertiary/aromatic N) is 2. The molecule has 0 N–H and O–H groups in total. The Hall–Kier alpha value is -2.37. The Labute approximate surface area is 167 Å². The summed E-state index contributed by atoms with van der Waals surface area (Å²) < 4.78 is 5.59. The lowest BCUT2D eigenvalue weighted by Gasteiger charge is -2.26. The number of hydrogen-bond donors (Lipinski definition) is 0. The molecule has 1 amide bonds. The van der Waals surface area contributed by atoms with Crippen molar-refractivity contribution >= 4 is 28.8 Å². The van der Waals surface area contributed by atoms with Crippen molar-refractivity contribution < 1.29 is 9.53 Å². The molecule has 0 saturated carbocycles. The molecule has 0 atom stereocenters. The van der Waals surface area contributed by atoms with Gasteiger partial charge >= 0.3 is 0 Å². The van der Waals surface area contributed by atoms with E-state index in [-0.39, 0.29) is 12.5 Å². The minimum atomic E-state index is -0.0131. The number of carbonyl (C=O) groups is 1. The van der Waals surface area contributed by atoms with Gasteiger partial charge in [-0.2, -0.15) is 0 Å². The smallest absolute Gasteiger partial charge is 0.260 e. The molecule has 0 bridgehead atoms. The molecule has 27 heavy (non-hydrogen) atoms. The van der Waals surface area contributed by atoms with Gasteiger partial charge in [0.25, 0.3) is 5.91 Å². The van der Waals surface area contributed by atoms with Crippen LogP contribution in [0.25, 0.3) is 10.6 Å². The van der Waals surface area contributed by atoms with Gasteiger partial charge in [0.15, 0.2) is 6.61 Å². The first-order valence-electron chi connectivity index (χ1n) is 8.80. The second kappa shape index (κ2) is 7.71. The molecule has 0 unspecified atom stereocenters. The number of aryl methyl sites for hydroxylation is 1. The van der Waals surface area contributed by atoms with Crippen molar-refractivity contribution in [2.45, 2.75) is 19.9 Å². The first kappa shape index (κ1) is 18.0. The van der Waals surface area contributed by atoms with Crippen LogP contribution in [0.4, 0.5) is 0 Å². The molecule has 0 aliphatic carbocycles. The molecule has 0 fully saturated rings. The zero-order chi connectivity index (χ0) is 18.8. The molecule has 0 radical (unpaired) electrons. The van der Waals surface area contributed by atoms with Crippen molar-refractivity contribution in [2.75, 3.05) is 13.2 Å². The zero-order valence-corrected chi connectivity index (χ0v) is 16.5. The molecule has 6 heteroatoms. The maximum absolute atomic E-state index is 12.5. The lowest BCUT2D eigenvalue weighted by Crippen LogP contribution is -2.38. The van der Waals surface area contributed by atoms with Crippen molar-refractivity contribution in [3.8, 4) is 16.3 Å². The third-order valence-corrected chi connectivity index (χ3v) is 5.94. The Morgan fingerprint density at radius 3 is 2.67 bits per heavy atom. The van der Waals surface area contributed by atoms with Crippen LogP contribution in [0.1, 0.15) is 16.1 Å². The molecule has 4 nitrogen and oxygen atoms in total. The van der Waals surface area contributed by atoms with E-state index in [2.05, 4.69) is 31.2 Å². The predicted molar refractivity (Wildman–Crippen MR) is 108 cm³/mol. The molecular formula is C21H19ClN2O2S. The van der Waals surface area contributed by atoms with Crippen molar-refractivity contribution in [3.63, 3.8) is 0 Å². The average molecular weight is 399 g/mol. The van der Waals surface area contributed by atoms with Crippen LogP contribution in [0, 0.1) is 6.92 Å². The molecule has 1 aliphatic rings. The van der Waals surface area contributed by atoms with Crippen LogP contribution in [0.3, 0.4) is 0 Å². The van der Waals surface area contributed by atoms with Gasteiger partial charge in [0, 0.05) is 28.4 Å². The number of rotatable bonds is 4. The molecule has 4 rings (SSSR count). The molecule has 1 aliphatic heterocycles. The molecule has 2 heterocycles. The Kier molecular flexibility index (Phi) is 5.14. The van der Waals surface area contributed by atoms with Crippen LogP contribution in [0.15, 0.2) is 48.5 Å². The first-order valence-corrected chi connectivity index (χ1v) is 10.00. The number of hydrogen-bond acceptors (Lipinski definition) is 4. The van der Waals surface area contributed by atoms with E-state index in [0.717, 1.165) is 27.6 Å². The predicted octanol–water partition coefficient (Wildman–Crippen LogP) is 4.74. The van der Waals surface area contributed by atoms with Gasteiger partial charge in [0.1, 0.15) is 10.8 Å². The van der Waals surface area contributed by atoms with E-state index in [1.54, 1.807) is 35.6 Å². The van der Waals surface area contributed by atoms with Crippen LogP contribution in [-0.2, 0) is 17.8 Å². The summed E-state index contributed by atoms with van der Waals surface area (Å²) in [7, 11) is 0. The summed E-state index contributed by atoms with van der Waals surface area (Å²) in [5.41, 5.74) is 3.47. The van der Waals surface area contributed by atoms with Crippen LogP contribution >= 0.6 is 22.9 Å². The standard InChI is InChI=1S/C21H19ClN2O2S/c1-14-2-4-15(5-3-14)21-23-18-10-11-24(12-19(18)27-21)20(25)13-26-17-8-6-16(22)7-9-17/h2-9H,10-13H2,1H3. The molecular weight excluding hydrogens is 380 g/mol. The third-order valence-electron chi connectivity index (χ3n) is 4.56. The van der Waals surface area contributed by atoms with Crippen molar-refractivity contribution in [2.24, 2.45) is 0 Å². The van der Waals surface area contributed by atoms with Crippen LogP contribution < -0.4 is 4.74 Å². The Morgan fingerprint density at radius 1 is 1.19 bits per heavy atom. The zero-order valence-electron chi connectivity index (χ0n) is 14.9. The summed E-state index contributed by atoms with van der Waals surface area (Å²) in [4.78, 5) is 20.3. The number of amides is 1. The highest BCUT2D eigenvalue weighted by atomic mass is 35.5. The molecule has 1 aromatic heterocycles. The lowest BCUT2D eigenvalue weighted by molar-refractivity contribution is -0.134. The Balaban J connectivity index is 1.41. The number of ether oxygens (including phenoxy) is 1. The fraction of sp³-hybridized carbons (Fsp3) is 0.238. The van der Waals surface area contributed by atoms with Gasteiger partial charge in [-0.1, -0.05) is 41.4 Å².